The van der Waals surface area contributed by atoms with Gasteiger partial charge in [-0.3, -0.25) is 4.79 Å². The topological polar surface area (TPSA) is 46.9 Å². The van der Waals surface area contributed by atoms with E-state index in [2.05, 4.69) is 17.4 Å². The minimum atomic E-state index is -0.141. The Morgan fingerprint density at radius 3 is 2.68 bits per heavy atom. The van der Waals surface area contributed by atoms with E-state index in [0.717, 1.165) is 23.3 Å². The summed E-state index contributed by atoms with van der Waals surface area (Å²) >= 11 is 0. The lowest BCUT2D eigenvalue weighted by Gasteiger charge is -2.16. The van der Waals surface area contributed by atoms with Crippen LogP contribution in [0, 0.1) is 0 Å². The Kier molecular flexibility index (Phi) is 3.00. The van der Waals surface area contributed by atoms with E-state index >= 15 is 0 Å². The molecule has 0 spiro atoms. The number of aromatic nitrogens is 2. The molecule has 2 aromatic carbocycles. The smallest absolute Gasteiger partial charge is 0.246 e. The quantitative estimate of drug-likeness (QED) is 0.788. The van der Waals surface area contributed by atoms with Crippen LogP contribution in [0.5, 0.6) is 0 Å². The lowest BCUT2D eigenvalue weighted by molar-refractivity contribution is -0.117. The predicted octanol–water partition coefficient (Wildman–Crippen LogP) is 2.92. The first-order valence-electron chi connectivity index (χ1n) is 7.31. The molecule has 1 atom stereocenters. The van der Waals surface area contributed by atoms with Gasteiger partial charge in [-0.05, 0) is 24.1 Å². The minimum Gasteiger partial charge on any atom is -0.342 e. The third-order valence-electron chi connectivity index (χ3n) is 3.91. The lowest BCUT2D eigenvalue weighted by atomic mass is 10.1. The summed E-state index contributed by atoms with van der Waals surface area (Å²) in [6, 6.07) is 18.0. The molecule has 4 heteroatoms. The number of amides is 1. The fourth-order valence-electron chi connectivity index (χ4n) is 2.88. The summed E-state index contributed by atoms with van der Waals surface area (Å²) in [6.07, 6.45) is 4.07. The number of nitrogens with one attached hydrogen (secondary N) is 1. The van der Waals surface area contributed by atoms with Crippen LogP contribution in [-0.2, 0) is 11.2 Å². The van der Waals surface area contributed by atoms with Gasteiger partial charge in [-0.15, -0.1) is 0 Å². The number of para-hydroxylation sites is 2. The van der Waals surface area contributed by atoms with Crippen molar-refractivity contribution in [3.63, 3.8) is 0 Å². The molecular weight excluding hydrogens is 274 g/mol. The maximum absolute atomic E-state index is 11.9. The average Bonchev–Trinajstić information content (AvgIpc) is 2.84. The molecule has 108 valence electrons. The molecule has 0 saturated heterocycles. The van der Waals surface area contributed by atoms with Gasteiger partial charge in [0.1, 0.15) is 5.82 Å². The summed E-state index contributed by atoms with van der Waals surface area (Å²) in [4.78, 5) is 16.7. The minimum absolute atomic E-state index is 0.0875. The summed E-state index contributed by atoms with van der Waals surface area (Å²) in [5.74, 6) is 0.780. The Morgan fingerprint density at radius 2 is 1.82 bits per heavy atom. The number of benzene rings is 2. The molecule has 2 heterocycles. The molecule has 1 amide bonds. The number of carbonyl (C=O) groups excluding carboxylic acids is 1. The van der Waals surface area contributed by atoms with Crippen molar-refractivity contribution in [2.45, 2.75) is 12.5 Å². The first-order valence-corrected chi connectivity index (χ1v) is 7.31. The average molecular weight is 289 g/mol. The molecule has 0 bridgehead atoms. The molecule has 0 aliphatic carbocycles. The number of imidazole rings is 1. The van der Waals surface area contributed by atoms with Crippen molar-refractivity contribution in [2.24, 2.45) is 0 Å². The van der Waals surface area contributed by atoms with Gasteiger partial charge in [0.25, 0.3) is 0 Å². The molecule has 1 N–H and O–H groups in total. The van der Waals surface area contributed by atoms with Crippen LogP contribution in [0.1, 0.15) is 17.4 Å². The summed E-state index contributed by atoms with van der Waals surface area (Å²) in [5.41, 5.74) is 3.13. The van der Waals surface area contributed by atoms with E-state index in [9.17, 15) is 4.79 Å². The van der Waals surface area contributed by atoms with Gasteiger partial charge < -0.3 is 9.88 Å². The second-order valence-electron chi connectivity index (χ2n) is 5.40. The van der Waals surface area contributed by atoms with E-state index in [4.69, 9.17) is 4.98 Å². The number of nitrogens with zero attached hydrogens (tertiary/aromatic N) is 2. The second kappa shape index (κ2) is 5.15. The van der Waals surface area contributed by atoms with Crippen molar-refractivity contribution in [3.8, 4) is 0 Å². The zero-order valence-electron chi connectivity index (χ0n) is 11.9. The highest BCUT2D eigenvalue weighted by Crippen LogP contribution is 2.25. The van der Waals surface area contributed by atoms with E-state index in [0.29, 0.717) is 0 Å². The van der Waals surface area contributed by atoms with Crippen LogP contribution < -0.4 is 5.32 Å². The molecule has 0 fully saturated rings. The van der Waals surface area contributed by atoms with Gasteiger partial charge in [-0.1, -0.05) is 42.5 Å². The van der Waals surface area contributed by atoms with Crippen molar-refractivity contribution in [1.29, 1.82) is 0 Å². The third-order valence-corrected chi connectivity index (χ3v) is 3.91. The van der Waals surface area contributed by atoms with Crippen LogP contribution in [0.15, 0.2) is 60.7 Å². The van der Waals surface area contributed by atoms with Crippen LogP contribution in [-0.4, -0.2) is 15.5 Å². The molecule has 3 aromatic rings. The zero-order chi connectivity index (χ0) is 14.9. The van der Waals surface area contributed by atoms with E-state index < -0.39 is 0 Å². The van der Waals surface area contributed by atoms with Crippen LogP contribution in [0.3, 0.4) is 0 Å². The summed E-state index contributed by atoms with van der Waals surface area (Å²) in [6.45, 7) is 0. The van der Waals surface area contributed by atoms with Crippen molar-refractivity contribution in [2.75, 3.05) is 0 Å². The monoisotopic (exact) mass is 289 g/mol. The van der Waals surface area contributed by atoms with Crippen molar-refractivity contribution in [1.82, 2.24) is 14.9 Å². The molecule has 4 rings (SSSR count). The second-order valence-corrected chi connectivity index (χ2v) is 5.40. The third kappa shape index (κ3) is 2.19. The van der Waals surface area contributed by atoms with Gasteiger partial charge in [0.2, 0.25) is 5.91 Å². The van der Waals surface area contributed by atoms with E-state index in [1.54, 1.807) is 12.3 Å². The standard InChI is InChI=1S/C18H15N3O/c22-17-10-11-21-16-9-5-4-8-14(16)20-18(21)15(19-17)12-13-6-2-1-3-7-13/h1-11,15H,12H2,(H,19,22)/t15-/m1/s1. The van der Waals surface area contributed by atoms with Crippen molar-refractivity contribution in [3.05, 3.63) is 72.1 Å². The van der Waals surface area contributed by atoms with Crippen LogP contribution >= 0.6 is 0 Å². The van der Waals surface area contributed by atoms with Crippen LogP contribution in [0.4, 0.5) is 0 Å². The van der Waals surface area contributed by atoms with E-state index in [1.807, 2.05) is 47.0 Å². The zero-order valence-corrected chi connectivity index (χ0v) is 11.9. The summed E-state index contributed by atoms with van der Waals surface area (Å²) < 4.78 is 2.00. The predicted molar refractivity (Wildman–Crippen MR) is 86.1 cm³/mol. The highest BCUT2D eigenvalue weighted by Gasteiger charge is 2.23. The molecule has 0 saturated carbocycles. The fraction of sp³-hybridized carbons (Fsp3) is 0.111. The molecule has 1 aliphatic heterocycles. The number of rotatable bonds is 2. The Hall–Kier alpha value is -2.88. The Labute approximate surface area is 128 Å². The van der Waals surface area contributed by atoms with Gasteiger partial charge >= 0.3 is 0 Å². The van der Waals surface area contributed by atoms with Crippen molar-refractivity contribution >= 4 is 23.1 Å². The maximum Gasteiger partial charge on any atom is 0.246 e. The molecule has 0 unspecified atom stereocenters. The normalized spacial score (nSPS) is 17.1. The molecule has 4 nitrogen and oxygen atoms in total. The molecule has 22 heavy (non-hydrogen) atoms. The van der Waals surface area contributed by atoms with Crippen LogP contribution in [0.25, 0.3) is 17.2 Å². The van der Waals surface area contributed by atoms with Gasteiger partial charge in [0, 0.05) is 12.3 Å². The van der Waals surface area contributed by atoms with Crippen LogP contribution in [0.2, 0.25) is 0 Å². The Morgan fingerprint density at radius 1 is 1.05 bits per heavy atom. The maximum atomic E-state index is 11.9. The molecular formula is C18H15N3O. The summed E-state index contributed by atoms with van der Waals surface area (Å²) in [7, 11) is 0. The SMILES string of the molecule is O=C1C=Cn2c(nc3ccccc32)[C@@H](Cc2ccccc2)N1. The highest BCUT2D eigenvalue weighted by molar-refractivity contribution is 5.92. The Balaban J connectivity index is 1.82. The van der Waals surface area contributed by atoms with Gasteiger partial charge in [-0.2, -0.15) is 0 Å². The molecule has 1 aromatic heterocycles. The Bertz CT molecular complexity index is 864. The summed E-state index contributed by atoms with van der Waals surface area (Å²) in [5, 5.41) is 3.04. The van der Waals surface area contributed by atoms with Gasteiger partial charge in [-0.25, -0.2) is 4.98 Å². The number of hydrogen-bond acceptors (Lipinski definition) is 2. The number of fused-ring (bicyclic) bond motifs is 3. The largest absolute Gasteiger partial charge is 0.342 e. The molecule has 0 radical (unpaired) electrons. The van der Waals surface area contributed by atoms with Crippen molar-refractivity contribution < 1.29 is 4.79 Å². The van der Waals surface area contributed by atoms with E-state index in [1.165, 1.54) is 5.56 Å². The number of hydrogen-bond donors (Lipinski definition) is 1. The molecule has 1 aliphatic rings. The number of carbonyl (C=O) groups is 1. The first kappa shape index (κ1) is 12.8. The van der Waals surface area contributed by atoms with Gasteiger partial charge in [0.15, 0.2) is 0 Å². The fourth-order valence-corrected chi connectivity index (χ4v) is 2.88. The highest BCUT2D eigenvalue weighted by atomic mass is 16.1. The van der Waals surface area contributed by atoms with E-state index in [-0.39, 0.29) is 11.9 Å². The van der Waals surface area contributed by atoms with Gasteiger partial charge in [0.05, 0.1) is 17.1 Å². The first-order chi connectivity index (χ1) is 10.8. The lowest BCUT2D eigenvalue weighted by Crippen LogP contribution is -2.28.